The molecule has 15 heavy (non-hydrogen) atoms. The third-order valence-corrected chi connectivity index (χ3v) is 2.94. The number of anilines is 1. The number of rotatable bonds is 3. The summed E-state index contributed by atoms with van der Waals surface area (Å²) in [7, 11) is 3.87. The van der Waals surface area contributed by atoms with Gasteiger partial charge in [0.1, 0.15) is 0 Å². The SMILES string of the molecule is Cc1cc(C(O)CN(C)C)cc(Br)c1N. The molecule has 0 aliphatic carbocycles. The Morgan fingerprint density at radius 3 is 2.53 bits per heavy atom. The first kappa shape index (κ1) is 12.5. The highest BCUT2D eigenvalue weighted by molar-refractivity contribution is 9.10. The smallest absolute Gasteiger partial charge is 0.0917 e. The van der Waals surface area contributed by atoms with Crippen LogP contribution in [0.15, 0.2) is 16.6 Å². The van der Waals surface area contributed by atoms with Gasteiger partial charge in [-0.15, -0.1) is 0 Å². The lowest BCUT2D eigenvalue weighted by Crippen LogP contribution is -2.20. The maximum Gasteiger partial charge on any atom is 0.0917 e. The monoisotopic (exact) mass is 272 g/mol. The second-order valence-electron chi connectivity index (χ2n) is 4.01. The molecule has 0 fully saturated rings. The van der Waals surface area contributed by atoms with Gasteiger partial charge in [-0.25, -0.2) is 0 Å². The number of halogens is 1. The van der Waals surface area contributed by atoms with E-state index in [0.29, 0.717) is 6.54 Å². The van der Waals surface area contributed by atoms with Gasteiger partial charge >= 0.3 is 0 Å². The summed E-state index contributed by atoms with van der Waals surface area (Å²) in [5.41, 5.74) is 8.42. The molecule has 0 heterocycles. The van der Waals surface area contributed by atoms with Crippen LogP contribution in [0.5, 0.6) is 0 Å². The zero-order valence-corrected chi connectivity index (χ0v) is 10.9. The molecule has 3 nitrogen and oxygen atoms in total. The highest BCUT2D eigenvalue weighted by Gasteiger charge is 2.11. The molecule has 1 atom stereocenters. The van der Waals surface area contributed by atoms with E-state index >= 15 is 0 Å². The molecule has 4 heteroatoms. The van der Waals surface area contributed by atoms with Crippen molar-refractivity contribution in [1.82, 2.24) is 4.90 Å². The summed E-state index contributed by atoms with van der Waals surface area (Å²) in [6.07, 6.45) is -0.476. The third kappa shape index (κ3) is 3.19. The number of aliphatic hydroxyl groups excluding tert-OH is 1. The topological polar surface area (TPSA) is 49.5 Å². The van der Waals surface area contributed by atoms with Gasteiger partial charge in [0.05, 0.1) is 6.10 Å². The Balaban J connectivity index is 2.95. The molecule has 0 aliphatic heterocycles. The van der Waals surface area contributed by atoms with E-state index in [-0.39, 0.29) is 0 Å². The zero-order chi connectivity index (χ0) is 11.6. The average Bonchev–Trinajstić information content (AvgIpc) is 2.12. The van der Waals surface area contributed by atoms with Crippen LogP contribution in [-0.2, 0) is 0 Å². The van der Waals surface area contributed by atoms with E-state index in [0.717, 1.165) is 21.3 Å². The predicted molar refractivity (Wildman–Crippen MR) is 66.8 cm³/mol. The molecule has 0 aliphatic rings. The van der Waals surface area contributed by atoms with E-state index in [1.54, 1.807) is 0 Å². The molecule has 0 bridgehead atoms. The van der Waals surface area contributed by atoms with Crippen LogP contribution in [0.4, 0.5) is 5.69 Å². The third-order valence-electron chi connectivity index (χ3n) is 2.28. The lowest BCUT2D eigenvalue weighted by Gasteiger charge is -2.17. The van der Waals surface area contributed by atoms with Crippen molar-refractivity contribution in [3.05, 3.63) is 27.7 Å². The fourth-order valence-corrected chi connectivity index (χ4v) is 2.00. The maximum absolute atomic E-state index is 9.93. The van der Waals surface area contributed by atoms with E-state index in [4.69, 9.17) is 5.73 Å². The number of nitrogens with two attached hydrogens (primary N) is 1. The van der Waals surface area contributed by atoms with Gasteiger partial charge in [-0.05, 0) is 54.1 Å². The highest BCUT2D eigenvalue weighted by Crippen LogP contribution is 2.27. The number of likely N-dealkylation sites (N-methyl/N-ethyl adjacent to an activating group) is 1. The molecule has 0 aromatic heterocycles. The van der Waals surface area contributed by atoms with Crippen LogP contribution in [-0.4, -0.2) is 30.6 Å². The minimum absolute atomic E-state index is 0.476. The largest absolute Gasteiger partial charge is 0.398 e. The summed E-state index contributed by atoms with van der Waals surface area (Å²) in [5, 5.41) is 9.93. The fourth-order valence-electron chi connectivity index (χ4n) is 1.43. The molecule has 0 saturated heterocycles. The molecule has 0 amide bonds. The molecule has 0 saturated carbocycles. The number of nitrogen functional groups attached to an aromatic ring is 1. The van der Waals surface area contributed by atoms with Crippen LogP contribution in [0.25, 0.3) is 0 Å². The van der Waals surface area contributed by atoms with Crippen molar-refractivity contribution in [2.75, 3.05) is 26.4 Å². The van der Waals surface area contributed by atoms with Crippen molar-refractivity contribution < 1.29 is 5.11 Å². The summed E-state index contributed by atoms with van der Waals surface area (Å²) in [6, 6.07) is 3.80. The number of hydrogen-bond acceptors (Lipinski definition) is 3. The molecule has 1 aromatic carbocycles. The average molecular weight is 273 g/mol. The summed E-state index contributed by atoms with van der Waals surface area (Å²) < 4.78 is 0.843. The van der Waals surface area contributed by atoms with Crippen molar-refractivity contribution in [2.45, 2.75) is 13.0 Å². The van der Waals surface area contributed by atoms with Gasteiger partial charge in [-0.2, -0.15) is 0 Å². The first-order valence-electron chi connectivity index (χ1n) is 4.80. The lowest BCUT2D eigenvalue weighted by molar-refractivity contribution is 0.138. The van der Waals surface area contributed by atoms with Gasteiger partial charge in [0.25, 0.3) is 0 Å². The van der Waals surface area contributed by atoms with Crippen LogP contribution in [0, 0.1) is 6.92 Å². The second kappa shape index (κ2) is 4.96. The number of aryl methyl sites for hydroxylation is 1. The van der Waals surface area contributed by atoms with E-state index in [1.165, 1.54) is 0 Å². The normalized spacial score (nSPS) is 13.2. The van der Waals surface area contributed by atoms with Gasteiger partial charge < -0.3 is 15.7 Å². The fraction of sp³-hybridized carbons (Fsp3) is 0.455. The Kier molecular flexibility index (Phi) is 4.13. The molecular formula is C11H17BrN2O. The van der Waals surface area contributed by atoms with E-state index in [1.807, 2.05) is 38.1 Å². The minimum Gasteiger partial charge on any atom is -0.398 e. The quantitative estimate of drug-likeness (QED) is 0.827. The first-order chi connectivity index (χ1) is 6.91. The van der Waals surface area contributed by atoms with Gasteiger partial charge in [-0.1, -0.05) is 6.07 Å². The lowest BCUT2D eigenvalue weighted by atomic mass is 10.1. The molecule has 0 radical (unpaired) electrons. The number of hydrogen-bond donors (Lipinski definition) is 2. The van der Waals surface area contributed by atoms with Crippen molar-refractivity contribution in [3.8, 4) is 0 Å². The van der Waals surface area contributed by atoms with E-state index < -0.39 is 6.10 Å². The van der Waals surface area contributed by atoms with Crippen molar-refractivity contribution in [1.29, 1.82) is 0 Å². The summed E-state index contributed by atoms with van der Waals surface area (Å²) >= 11 is 3.38. The van der Waals surface area contributed by atoms with Crippen LogP contribution in [0.3, 0.4) is 0 Å². The Hall–Kier alpha value is -0.580. The molecule has 1 rings (SSSR count). The van der Waals surface area contributed by atoms with Gasteiger partial charge in [-0.3, -0.25) is 0 Å². The molecular weight excluding hydrogens is 256 g/mol. The summed E-state index contributed by atoms with van der Waals surface area (Å²) in [6.45, 7) is 2.54. The Labute approximate surface area is 99.0 Å². The van der Waals surface area contributed by atoms with E-state index in [2.05, 4.69) is 15.9 Å². The molecule has 1 unspecified atom stereocenters. The molecule has 0 spiro atoms. The Bertz CT molecular complexity index is 329. The molecule has 84 valence electrons. The summed E-state index contributed by atoms with van der Waals surface area (Å²) in [5.74, 6) is 0. The number of benzene rings is 1. The minimum atomic E-state index is -0.476. The van der Waals surface area contributed by atoms with Crippen LogP contribution in [0.1, 0.15) is 17.2 Å². The molecule has 3 N–H and O–H groups in total. The van der Waals surface area contributed by atoms with Gasteiger partial charge in [0, 0.05) is 16.7 Å². The van der Waals surface area contributed by atoms with Crippen molar-refractivity contribution >= 4 is 21.6 Å². The number of aliphatic hydroxyl groups is 1. The Morgan fingerprint density at radius 1 is 1.47 bits per heavy atom. The highest BCUT2D eigenvalue weighted by atomic mass is 79.9. The van der Waals surface area contributed by atoms with Gasteiger partial charge in [0.2, 0.25) is 0 Å². The van der Waals surface area contributed by atoms with Crippen molar-refractivity contribution in [3.63, 3.8) is 0 Å². The summed E-state index contributed by atoms with van der Waals surface area (Å²) in [4.78, 5) is 1.95. The van der Waals surface area contributed by atoms with Gasteiger partial charge in [0.15, 0.2) is 0 Å². The maximum atomic E-state index is 9.93. The zero-order valence-electron chi connectivity index (χ0n) is 9.29. The second-order valence-corrected chi connectivity index (χ2v) is 4.87. The molecule has 1 aromatic rings. The van der Waals surface area contributed by atoms with Crippen LogP contribution < -0.4 is 5.73 Å². The van der Waals surface area contributed by atoms with Crippen LogP contribution >= 0.6 is 15.9 Å². The standard InChI is InChI=1S/C11H17BrN2O/c1-7-4-8(5-9(12)11(7)13)10(15)6-14(2)3/h4-5,10,15H,6,13H2,1-3H3. The first-order valence-corrected chi connectivity index (χ1v) is 5.59. The Morgan fingerprint density at radius 2 is 2.07 bits per heavy atom. The van der Waals surface area contributed by atoms with Crippen LogP contribution in [0.2, 0.25) is 0 Å². The van der Waals surface area contributed by atoms with E-state index in [9.17, 15) is 5.11 Å². The number of nitrogens with zero attached hydrogens (tertiary/aromatic N) is 1. The van der Waals surface area contributed by atoms with Crippen molar-refractivity contribution in [2.24, 2.45) is 0 Å². The predicted octanol–water partition coefficient (Wildman–Crippen LogP) is 1.93.